The average Bonchev–Trinajstić information content (AvgIpc) is 2.54. The fourth-order valence-corrected chi connectivity index (χ4v) is 3.26. The molecule has 0 bridgehead atoms. The predicted octanol–water partition coefficient (Wildman–Crippen LogP) is 2.14. The molecule has 4 N–H and O–H groups in total. The summed E-state index contributed by atoms with van der Waals surface area (Å²) in [6, 6.07) is 9.24. The number of amides is 1. The highest BCUT2D eigenvalue weighted by Crippen LogP contribution is 2.38. The van der Waals surface area contributed by atoms with Crippen LogP contribution in [0.1, 0.15) is 50.1 Å². The van der Waals surface area contributed by atoms with Crippen molar-refractivity contribution in [2.45, 2.75) is 44.6 Å². The Morgan fingerprint density at radius 1 is 1.24 bits per heavy atom. The Hall–Kier alpha value is -1.39. The van der Waals surface area contributed by atoms with Crippen LogP contribution in [-0.2, 0) is 4.79 Å². The fourth-order valence-electron chi connectivity index (χ4n) is 3.26. The second-order valence-electron chi connectivity index (χ2n) is 6.15. The number of nitrogens with two attached hydrogens (primary N) is 1. The maximum Gasteiger partial charge on any atom is 0.221 e. The van der Waals surface area contributed by atoms with Gasteiger partial charge in [0.25, 0.3) is 0 Å². The molecule has 0 heterocycles. The molecular weight excluding hydrogens is 264 g/mol. The van der Waals surface area contributed by atoms with E-state index in [1.54, 1.807) is 0 Å². The van der Waals surface area contributed by atoms with E-state index < -0.39 is 0 Å². The number of hydrogen-bond donors (Lipinski definition) is 3. The standard InChI is InChI=1S/C17H26N2O2/c18-13-17(9-5-2-6-10-17)11-16(21)19-15(12-20)14-7-3-1-4-8-14/h1,3-4,7-8,15,20H,2,5-6,9-13,18H2,(H,19,21)/t15-/m1/s1. The number of nitrogens with one attached hydrogen (secondary N) is 1. The first-order valence-corrected chi connectivity index (χ1v) is 7.84. The van der Waals surface area contributed by atoms with Gasteiger partial charge in [0.15, 0.2) is 0 Å². The minimum Gasteiger partial charge on any atom is -0.394 e. The van der Waals surface area contributed by atoms with E-state index in [0.717, 1.165) is 31.2 Å². The van der Waals surface area contributed by atoms with Gasteiger partial charge in [-0.05, 0) is 30.4 Å². The van der Waals surface area contributed by atoms with E-state index in [-0.39, 0.29) is 24.0 Å². The summed E-state index contributed by atoms with van der Waals surface area (Å²) in [6.45, 7) is 0.473. The van der Waals surface area contributed by atoms with Crippen LogP contribution >= 0.6 is 0 Å². The van der Waals surface area contributed by atoms with E-state index in [4.69, 9.17) is 5.73 Å². The maximum absolute atomic E-state index is 12.3. The normalized spacial score (nSPS) is 19.0. The largest absolute Gasteiger partial charge is 0.394 e. The van der Waals surface area contributed by atoms with Gasteiger partial charge in [0.05, 0.1) is 12.6 Å². The van der Waals surface area contributed by atoms with Crippen molar-refractivity contribution in [1.29, 1.82) is 0 Å². The van der Waals surface area contributed by atoms with Gasteiger partial charge in [0.1, 0.15) is 0 Å². The molecule has 4 nitrogen and oxygen atoms in total. The Kier molecular flexibility index (Phi) is 5.76. The molecule has 2 rings (SSSR count). The lowest BCUT2D eigenvalue weighted by Gasteiger charge is -2.36. The third kappa shape index (κ3) is 4.29. The van der Waals surface area contributed by atoms with Crippen molar-refractivity contribution in [3.63, 3.8) is 0 Å². The van der Waals surface area contributed by atoms with Crippen molar-refractivity contribution in [3.8, 4) is 0 Å². The summed E-state index contributed by atoms with van der Waals surface area (Å²) in [4.78, 5) is 12.3. The minimum absolute atomic E-state index is 0.00902. The van der Waals surface area contributed by atoms with Gasteiger partial charge in [-0.15, -0.1) is 0 Å². The third-order valence-corrected chi connectivity index (χ3v) is 4.60. The summed E-state index contributed by atoms with van der Waals surface area (Å²) >= 11 is 0. The zero-order chi connectivity index (χ0) is 15.1. The Morgan fingerprint density at radius 2 is 1.90 bits per heavy atom. The minimum atomic E-state index is -0.336. The number of carbonyl (C=O) groups excluding carboxylic acids is 1. The van der Waals surface area contributed by atoms with Gasteiger partial charge >= 0.3 is 0 Å². The van der Waals surface area contributed by atoms with Crippen LogP contribution in [0.4, 0.5) is 0 Å². The van der Waals surface area contributed by atoms with Crippen LogP contribution in [0.2, 0.25) is 0 Å². The van der Waals surface area contributed by atoms with E-state index in [0.29, 0.717) is 13.0 Å². The number of carbonyl (C=O) groups is 1. The fraction of sp³-hybridized carbons (Fsp3) is 0.588. The Labute approximate surface area is 126 Å². The second kappa shape index (κ2) is 7.57. The average molecular weight is 290 g/mol. The van der Waals surface area contributed by atoms with E-state index in [1.165, 1.54) is 6.42 Å². The van der Waals surface area contributed by atoms with Crippen LogP contribution in [0.3, 0.4) is 0 Å². The monoisotopic (exact) mass is 290 g/mol. The Balaban J connectivity index is 1.96. The summed E-state index contributed by atoms with van der Waals surface area (Å²) in [5.74, 6) is -0.00902. The molecule has 21 heavy (non-hydrogen) atoms. The molecule has 4 heteroatoms. The van der Waals surface area contributed by atoms with E-state index in [2.05, 4.69) is 5.32 Å². The predicted molar refractivity (Wildman–Crippen MR) is 83.6 cm³/mol. The van der Waals surface area contributed by atoms with Crippen LogP contribution in [0.5, 0.6) is 0 Å². The van der Waals surface area contributed by atoms with Crippen LogP contribution < -0.4 is 11.1 Å². The lowest BCUT2D eigenvalue weighted by atomic mass is 9.71. The van der Waals surface area contributed by atoms with E-state index in [1.807, 2.05) is 30.3 Å². The molecular formula is C17H26N2O2. The summed E-state index contributed by atoms with van der Waals surface area (Å²) in [5, 5.41) is 12.5. The van der Waals surface area contributed by atoms with Gasteiger partial charge in [0.2, 0.25) is 5.91 Å². The molecule has 1 atom stereocenters. The highest BCUT2D eigenvalue weighted by molar-refractivity contribution is 5.77. The molecule has 0 aliphatic heterocycles. The van der Waals surface area contributed by atoms with E-state index >= 15 is 0 Å². The maximum atomic E-state index is 12.3. The molecule has 1 aromatic rings. The number of aliphatic hydroxyl groups excluding tert-OH is 1. The topological polar surface area (TPSA) is 75.4 Å². The first kappa shape index (κ1) is 16.0. The number of hydrogen-bond acceptors (Lipinski definition) is 3. The Bertz CT molecular complexity index is 441. The van der Waals surface area contributed by atoms with E-state index in [9.17, 15) is 9.90 Å². The lowest BCUT2D eigenvalue weighted by molar-refractivity contribution is -0.125. The van der Waals surface area contributed by atoms with Crippen molar-refractivity contribution in [2.24, 2.45) is 11.1 Å². The molecule has 0 unspecified atom stereocenters. The van der Waals surface area contributed by atoms with Gasteiger partial charge < -0.3 is 16.2 Å². The van der Waals surface area contributed by atoms with Crippen LogP contribution in [0.25, 0.3) is 0 Å². The molecule has 1 saturated carbocycles. The number of benzene rings is 1. The molecule has 0 saturated heterocycles. The zero-order valence-corrected chi connectivity index (χ0v) is 12.6. The molecule has 1 amide bonds. The van der Waals surface area contributed by atoms with Crippen molar-refractivity contribution in [2.75, 3.05) is 13.2 Å². The molecule has 0 aromatic heterocycles. The van der Waals surface area contributed by atoms with Crippen LogP contribution in [-0.4, -0.2) is 24.2 Å². The van der Waals surface area contributed by atoms with Gasteiger partial charge in [0, 0.05) is 6.42 Å². The summed E-state index contributed by atoms with van der Waals surface area (Å²) in [7, 11) is 0. The summed E-state index contributed by atoms with van der Waals surface area (Å²) in [5.41, 5.74) is 6.82. The van der Waals surface area contributed by atoms with Gasteiger partial charge in [-0.3, -0.25) is 4.79 Å². The molecule has 1 fully saturated rings. The van der Waals surface area contributed by atoms with Crippen LogP contribution in [0.15, 0.2) is 30.3 Å². The lowest BCUT2D eigenvalue weighted by Crippen LogP contribution is -2.40. The van der Waals surface area contributed by atoms with Crippen LogP contribution in [0, 0.1) is 5.41 Å². The first-order valence-electron chi connectivity index (χ1n) is 7.84. The van der Waals surface area contributed by atoms with Crippen molar-refractivity contribution >= 4 is 5.91 Å². The molecule has 0 spiro atoms. The van der Waals surface area contributed by atoms with Crippen molar-refractivity contribution in [1.82, 2.24) is 5.32 Å². The van der Waals surface area contributed by atoms with Crippen molar-refractivity contribution in [3.05, 3.63) is 35.9 Å². The molecule has 116 valence electrons. The van der Waals surface area contributed by atoms with Gasteiger partial charge in [-0.25, -0.2) is 0 Å². The number of aliphatic hydroxyl groups is 1. The first-order chi connectivity index (χ1) is 10.2. The third-order valence-electron chi connectivity index (χ3n) is 4.60. The van der Waals surface area contributed by atoms with Crippen molar-refractivity contribution < 1.29 is 9.90 Å². The smallest absolute Gasteiger partial charge is 0.221 e. The zero-order valence-electron chi connectivity index (χ0n) is 12.6. The second-order valence-corrected chi connectivity index (χ2v) is 6.15. The molecule has 1 aliphatic carbocycles. The molecule has 0 radical (unpaired) electrons. The summed E-state index contributed by atoms with van der Waals surface area (Å²) in [6.07, 6.45) is 6.09. The van der Waals surface area contributed by atoms with Gasteiger partial charge in [-0.2, -0.15) is 0 Å². The molecule has 1 aliphatic rings. The highest BCUT2D eigenvalue weighted by atomic mass is 16.3. The molecule has 1 aromatic carbocycles. The number of rotatable bonds is 6. The SMILES string of the molecule is NCC1(CC(=O)N[C@H](CO)c2ccccc2)CCCCC1. The quantitative estimate of drug-likeness (QED) is 0.751. The van der Waals surface area contributed by atoms with Gasteiger partial charge in [-0.1, -0.05) is 49.6 Å². The highest BCUT2D eigenvalue weighted by Gasteiger charge is 2.33. The Morgan fingerprint density at radius 3 is 2.48 bits per heavy atom. The summed E-state index contributed by atoms with van der Waals surface area (Å²) < 4.78 is 0.